The van der Waals surface area contributed by atoms with E-state index in [2.05, 4.69) is 33.6 Å². The maximum atomic E-state index is 3.87. The highest BCUT2D eigenvalue weighted by Gasteiger charge is 2.20. The minimum atomic E-state index is 0.538. The molecule has 1 aliphatic rings. The Kier molecular flexibility index (Phi) is 3.94. The first kappa shape index (κ1) is 10.9. The molecule has 1 aromatic rings. The highest BCUT2D eigenvalue weighted by molar-refractivity contribution is 7.07. The number of hydrogen-bond acceptors (Lipinski definition) is 3. The number of rotatable bonds is 4. The third kappa shape index (κ3) is 2.68. The van der Waals surface area contributed by atoms with Gasteiger partial charge in [-0.15, -0.1) is 6.58 Å². The Labute approximate surface area is 95.6 Å². The van der Waals surface area contributed by atoms with Gasteiger partial charge in [0.15, 0.2) is 0 Å². The SMILES string of the molecule is C=CC[C@@H](c1ccsc1)N1CCNCC1. The van der Waals surface area contributed by atoms with Crippen molar-refractivity contribution in [3.05, 3.63) is 35.0 Å². The molecule has 2 heterocycles. The number of nitrogens with one attached hydrogen (secondary N) is 1. The molecule has 82 valence electrons. The average molecular weight is 222 g/mol. The van der Waals surface area contributed by atoms with E-state index in [1.54, 1.807) is 11.3 Å². The fourth-order valence-electron chi connectivity index (χ4n) is 2.11. The molecular weight excluding hydrogens is 204 g/mol. The van der Waals surface area contributed by atoms with Crippen molar-refractivity contribution in [1.29, 1.82) is 0 Å². The minimum Gasteiger partial charge on any atom is -0.314 e. The number of hydrogen-bond donors (Lipinski definition) is 1. The molecular formula is C12H18N2S. The molecule has 0 aliphatic carbocycles. The monoisotopic (exact) mass is 222 g/mol. The molecule has 15 heavy (non-hydrogen) atoms. The summed E-state index contributed by atoms with van der Waals surface area (Å²) >= 11 is 1.78. The lowest BCUT2D eigenvalue weighted by Crippen LogP contribution is -2.45. The van der Waals surface area contributed by atoms with Gasteiger partial charge in [-0.3, -0.25) is 4.90 Å². The molecule has 0 unspecified atom stereocenters. The van der Waals surface area contributed by atoms with E-state index >= 15 is 0 Å². The van der Waals surface area contributed by atoms with Crippen LogP contribution in [0.1, 0.15) is 18.0 Å². The first-order valence-electron chi connectivity index (χ1n) is 5.49. The van der Waals surface area contributed by atoms with Gasteiger partial charge in [-0.2, -0.15) is 11.3 Å². The van der Waals surface area contributed by atoms with Gasteiger partial charge in [0.2, 0.25) is 0 Å². The third-order valence-corrected chi connectivity index (χ3v) is 3.61. The molecule has 1 fully saturated rings. The maximum Gasteiger partial charge on any atom is 0.0391 e. The summed E-state index contributed by atoms with van der Waals surface area (Å²) in [6.45, 7) is 8.38. The highest BCUT2D eigenvalue weighted by Crippen LogP contribution is 2.26. The van der Waals surface area contributed by atoms with Gasteiger partial charge in [-0.1, -0.05) is 6.08 Å². The normalized spacial score (nSPS) is 20.0. The van der Waals surface area contributed by atoms with E-state index in [1.807, 2.05) is 6.08 Å². The van der Waals surface area contributed by atoms with Crippen LogP contribution in [-0.4, -0.2) is 31.1 Å². The number of piperazine rings is 1. The van der Waals surface area contributed by atoms with Crippen molar-refractivity contribution in [3.8, 4) is 0 Å². The van der Waals surface area contributed by atoms with Crippen LogP contribution in [0.4, 0.5) is 0 Å². The van der Waals surface area contributed by atoms with Crippen molar-refractivity contribution < 1.29 is 0 Å². The zero-order valence-corrected chi connectivity index (χ0v) is 9.80. The van der Waals surface area contributed by atoms with Crippen LogP contribution < -0.4 is 5.32 Å². The Morgan fingerprint density at radius 2 is 2.33 bits per heavy atom. The zero-order chi connectivity index (χ0) is 10.5. The van der Waals surface area contributed by atoms with Crippen LogP contribution in [0.15, 0.2) is 29.5 Å². The summed E-state index contributed by atoms with van der Waals surface area (Å²) in [5.74, 6) is 0. The summed E-state index contributed by atoms with van der Waals surface area (Å²) in [5.41, 5.74) is 1.45. The Morgan fingerprint density at radius 1 is 1.53 bits per heavy atom. The highest BCUT2D eigenvalue weighted by atomic mass is 32.1. The van der Waals surface area contributed by atoms with E-state index in [0.29, 0.717) is 6.04 Å². The molecule has 1 aromatic heterocycles. The molecule has 0 spiro atoms. The van der Waals surface area contributed by atoms with Crippen LogP contribution in [0.2, 0.25) is 0 Å². The predicted molar refractivity (Wildman–Crippen MR) is 66.3 cm³/mol. The lowest BCUT2D eigenvalue weighted by atomic mass is 10.0. The Balaban J connectivity index is 2.07. The van der Waals surface area contributed by atoms with Gasteiger partial charge in [-0.05, 0) is 28.8 Å². The molecule has 2 nitrogen and oxygen atoms in total. The van der Waals surface area contributed by atoms with E-state index in [9.17, 15) is 0 Å². The topological polar surface area (TPSA) is 15.3 Å². The summed E-state index contributed by atoms with van der Waals surface area (Å²) in [7, 11) is 0. The van der Waals surface area contributed by atoms with Crippen molar-refractivity contribution >= 4 is 11.3 Å². The van der Waals surface area contributed by atoms with Crippen LogP contribution in [0.5, 0.6) is 0 Å². The van der Waals surface area contributed by atoms with E-state index in [4.69, 9.17) is 0 Å². The van der Waals surface area contributed by atoms with Gasteiger partial charge in [0, 0.05) is 32.2 Å². The van der Waals surface area contributed by atoms with Crippen LogP contribution in [0.3, 0.4) is 0 Å². The summed E-state index contributed by atoms with van der Waals surface area (Å²) in [6, 6.07) is 2.77. The molecule has 1 saturated heterocycles. The molecule has 1 aliphatic heterocycles. The standard InChI is InChI=1S/C12H18N2S/c1-2-3-12(11-4-9-15-10-11)14-7-5-13-6-8-14/h2,4,9-10,12-13H,1,3,5-8H2/t12-/m0/s1. The first-order valence-corrected chi connectivity index (χ1v) is 6.44. The molecule has 0 radical (unpaired) electrons. The third-order valence-electron chi connectivity index (χ3n) is 2.91. The molecule has 0 amide bonds. The van der Waals surface area contributed by atoms with Gasteiger partial charge >= 0.3 is 0 Å². The minimum absolute atomic E-state index is 0.538. The molecule has 0 bridgehead atoms. The summed E-state index contributed by atoms with van der Waals surface area (Å²) in [6.07, 6.45) is 3.08. The molecule has 1 N–H and O–H groups in total. The molecule has 0 aromatic carbocycles. The van der Waals surface area contributed by atoms with Gasteiger partial charge in [-0.25, -0.2) is 0 Å². The van der Waals surface area contributed by atoms with Crippen LogP contribution >= 0.6 is 11.3 Å². The number of thiophene rings is 1. The summed E-state index contributed by atoms with van der Waals surface area (Å²) in [4.78, 5) is 2.56. The Bertz CT molecular complexity index is 289. The van der Waals surface area contributed by atoms with Crippen molar-refractivity contribution in [2.75, 3.05) is 26.2 Å². The molecule has 0 saturated carbocycles. The summed E-state index contributed by atoms with van der Waals surface area (Å²) < 4.78 is 0. The van der Waals surface area contributed by atoms with Crippen molar-refractivity contribution in [1.82, 2.24) is 10.2 Å². The van der Waals surface area contributed by atoms with Gasteiger partial charge < -0.3 is 5.32 Å². The maximum absolute atomic E-state index is 3.87. The Morgan fingerprint density at radius 3 is 2.93 bits per heavy atom. The Hall–Kier alpha value is -0.640. The van der Waals surface area contributed by atoms with E-state index in [0.717, 1.165) is 32.6 Å². The van der Waals surface area contributed by atoms with Crippen LogP contribution in [-0.2, 0) is 0 Å². The predicted octanol–water partition coefficient (Wildman–Crippen LogP) is 2.27. The van der Waals surface area contributed by atoms with E-state index < -0.39 is 0 Å². The fourth-order valence-corrected chi connectivity index (χ4v) is 2.82. The quantitative estimate of drug-likeness (QED) is 0.786. The second kappa shape index (κ2) is 5.45. The number of nitrogens with zero attached hydrogens (tertiary/aromatic N) is 1. The van der Waals surface area contributed by atoms with Crippen molar-refractivity contribution in [2.45, 2.75) is 12.5 Å². The second-order valence-electron chi connectivity index (χ2n) is 3.88. The smallest absolute Gasteiger partial charge is 0.0391 e. The first-order chi connectivity index (χ1) is 7.42. The van der Waals surface area contributed by atoms with Gasteiger partial charge in [0.1, 0.15) is 0 Å². The lowest BCUT2D eigenvalue weighted by Gasteiger charge is -2.34. The fraction of sp³-hybridized carbons (Fsp3) is 0.500. The molecule has 1 atom stereocenters. The summed E-state index contributed by atoms with van der Waals surface area (Å²) in [5, 5.41) is 7.81. The van der Waals surface area contributed by atoms with Gasteiger partial charge in [0.05, 0.1) is 0 Å². The van der Waals surface area contributed by atoms with Crippen molar-refractivity contribution in [2.24, 2.45) is 0 Å². The largest absolute Gasteiger partial charge is 0.314 e. The lowest BCUT2D eigenvalue weighted by molar-refractivity contribution is 0.175. The molecule has 2 rings (SSSR count). The van der Waals surface area contributed by atoms with Crippen molar-refractivity contribution in [3.63, 3.8) is 0 Å². The average Bonchev–Trinajstić information content (AvgIpc) is 2.80. The molecule has 3 heteroatoms. The second-order valence-corrected chi connectivity index (χ2v) is 4.66. The van der Waals surface area contributed by atoms with E-state index in [1.165, 1.54) is 5.56 Å². The van der Waals surface area contributed by atoms with Crippen LogP contribution in [0, 0.1) is 0 Å². The van der Waals surface area contributed by atoms with Gasteiger partial charge in [0.25, 0.3) is 0 Å². The van der Waals surface area contributed by atoms with Crippen LogP contribution in [0.25, 0.3) is 0 Å². The zero-order valence-electron chi connectivity index (χ0n) is 8.98. The van der Waals surface area contributed by atoms with E-state index in [-0.39, 0.29) is 0 Å².